The van der Waals surface area contributed by atoms with E-state index in [1.165, 1.54) is 0 Å². The zero-order valence-corrected chi connectivity index (χ0v) is 12.9. The van der Waals surface area contributed by atoms with Crippen LogP contribution in [0.15, 0.2) is 12.1 Å². The van der Waals surface area contributed by atoms with Crippen molar-refractivity contribution >= 4 is 17.7 Å². The number of ether oxygens (including phenoxy) is 1. The van der Waals surface area contributed by atoms with Crippen molar-refractivity contribution in [1.29, 1.82) is 0 Å². The van der Waals surface area contributed by atoms with E-state index >= 15 is 0 Å². The lowest BCUT2D eigenvalue weighted by Crippen LogP contribution is -2.44. The Bertz CT molecular complexity index is 518. The highest BCUT2D eigenvalue weighted by Gasteiger charge is 2.20. The first-order chi connectivity index (χ1) is 9.62. The SMILES string of the molecule is CC(C)(C)OC(=O)NC(CN)Cc1cc(F)c(Cl)cc1F. The first kappa shape index (κ1) is 17.7. The lowest BCUT2D eigenvalue weighted by atomic mass is 10.1. The van der Waals surface area contributed by atoms with Gasteiger partial charge in [-0.1, -0.05) is 11.6 Å². The minimum absolute atomic E-state index is 0.0374. The van der Waals surface area contributed by atoms with Crippen LogP contribution in [0.4, 0.5) is 13.6 Å². The van der Waals surface area contributed by atoms with Crippen molar-refractivity contribution in [3.8, 4) is 0 Å². The molecule has 0 saturated carbocycles. The maximum atomic E-state index is 13.7. The Morgan fingerprint density at radius 1 is 1.38 bits per heavy atom. The van der Waals surface area contributed by atoms with Gasteiger partial charge in [0.15, 0.2) is 0 Å². The van der Waals surface area contributed by atoms with Crippen LogP contribution in [0.1, 0.15) is 26.3 Å². The van der Waals surface area contributed by atoms with Gasteiger partial charge in [-0.25, -0.2) is 13.6 Å². The van der Waals surface area contributed by atoms with E-state index in [-0.39, 0.29) is 23.6 Å². The summed E-state index contributed by atoms with van der Waals surface area (Å²) in [6.45, 7) is 5.22. The number of hydrogen-bond donors (Lipinski definition) is 2. The minimum atomic E-state index is -0.721. The molecular weight excluding hydrogens is 302 g/mol. The Kier molecular flexibility index (Phi) is 5.92. The molecule has 1 aromatic carbocycles. The molecule has 0 saturated heterocycles. The number of benzene rings is 1. The monoisotopic (exact) mass is 320 g/mol. The van der Waals surface area contributed by atoms with Gasteiger partial charge in [0.1, 0.15) is 17.2 Å². The number of nitrogens with one attached hydrogen (secondary N) is 1. The van der Waals surface area contributed by atoms with Gasteiger partial charge in [0, 0.05) is 12.6 Å². The second-order valence-corrected chi connectivity index (χ2v) is 6.05. The standard InChI is InChI=1S/C14H19ClF2N2O2/c1-14(2,3)21-13(20)19-9(7-18)4-8-5-12(17)10(15)6-11(8)16/h5-6,9H,4,7,18H2,1-3H3,(H,19,20). The molecule has 1 rings (SSSR count). The molecule has 0 aromatic heterocycles. The van der Waals surface area contributed by atoms with Crippen molar-refractivity contribution in [2.45, 2.75) is 38.8 Å². The van der Waals surface area contributed by atoms with Gasteiger partial charge in [-0.2, -0.15) is 0 Å². The number of halogens is 3. The molecule has 0 radical (unpaired) electrons. The molecule has 0 bridgehead atoms. The number of alkyl carbamates (subject to hydrolysis) is 1. The van der Waals surface area contributed by atoms with E-state index in [2.05, 4.69) is 5.32 Å². The second-order valence-electron chi connectivity index (χ2n) is 5.64. The fraction of sp³-hybridized carbons (Fsp3) is 0.500. The highest BCUT2D eigenvalue weighted by atomic mass is 35.5. The number of carbonyl (C=O) groups is 1. The molecule has 1 aromatic rings. The van der Waals surface area contributed by atoms with Crippen molar-refractivity contribution in [2.24, 2.45) is 5.73 Å². The van der Waals surface area contributed by atoms with Crippen molar-refractivity contribution in [3.63, 3.8) is 0 Å². The summed E-state index contributed by atoms with van der Waals surface area (Å²) in [4.78, 5) is 11.6. The fourth-order valence-electron chi connectivity index (χ4n) is 1.65. The van der Waals surface area contributed by atoms with Gasteiger partial charge in [-0.15, -0.1) is 0 Å². The number of amides is 1. The summed E-state index contributed by atoms with van der Waals surface area (Å²) in [7, 11) is 0. The molecule has 0 heterocycles. The van der Waals surface area contributed by atoms with E-state index in [0.717, 1.165) is 12.1 Å². The number of hydrogen-bond acceptors (Lipinski definition) is 3. The van der Waals surface area contributed by atoms with Gasteiger partial charge < -0.3 is 15.8 Å². The Labute approximate surface area is 127 Å². The van der Waals surface area contributed by atoms with Crippen LogP contribution in [0.5, 0.6) is 0 Å². The molecule has 1 unspecified atom stereocenters. The maximum Gasteiger partial charge on any atom is 0.407 e. The molecule has 3 N–H and O–H groups in total. The summed E-state index contributed by atoms with van der Waals surface area (Å²) in [6.07, 6.45) is -0.622. The van der Waals surface area contributed by atoms with Crippen molar-refractivity contribution < 1.29 is 18.3 Å². The summed E-state index contributed by atoms with van der Waals surface area (Å²) < 4.78 is 32.1. The Balaban J connectivity index is 2.75. The molecule has 0 aliphatic rings. The molecule has 7 heteroatoms. The Morgan fingerprint density at radius 2 is 2.00 bits per heavy atom. The summed E-state index contributed by atoms with van der Waals surface area (Å²) >= 11 is 5.48. The van der Waals surface area contributed by atoms with Crippen LogP contribution in [-0.2, 0) is 11.2 Å². The van der Waals surface area contributed by atoms with Crippen molar-refractivity contribution in [2.75, 3.05) is 6.54 Å². The summed E-state index contributed by atoms with van der Waals surface area (Å²) in [5, 5.41) is 2.23. The molecular formula is C14H19ClF2N2O2. The summed E-state index contributed by atoms with van der Waals surface area (Å²) in [5.41, 5.74) is 4.97. The van der Waals surface area contributed by atoms with Gasteiger partial charge in [-0.05, 0) is 44.9 Å². The van der Waals surface area contributed by atoms with Crippen LogP contribution in [0.3, 0.4) is 0 Å². The van der Waals surface area contributed by atoms with E-state index in [9.17, 15) is 13.6 Å². The number of nitrogens with two attached hydrogens (primary N) is 1. The molecule has 118 valence electrons. The molecule has 4 nitrogen and oxygen atoms in total. The normalized spacial score (nSPS) is 12.9. The number of carbonyl (C=O) groups excluding carboxylic acids is 1. The van der Waals surface area contributed by atoms with Crippen LogP contribution in [0.25, 0.3) is 0 Å². The smallest absolute Gasteiger partial charge is 0.407 e. The predicted molar refractivity (Wildman–Crippen MR) is 77.3 cm³/mol. The van der Waals surface area contributed by atoms with E-state index in [1.54, 1.807) is 20.8 Å². The van der Waals surface area contributed by atoms with Gasteiger partial charge in [0.2, 0.25) is 0 Å². The maximum absolute atomic E-state index is 13.7. The quantitative estimate of drug-likeness (QED) is 0.838. The molecule has 0 fully saturated rings. The summed E-state index contributed by atoms with van der Waals surface area (Å²) in [5.74, 6) is -1.37. The van der Waals surface area contributed by atoms with Gasteiger partial charge in [-0.3, -0.25) is 0 Å². The van der Waals surface area contributed by atoms with E-state index in [1.807, 2.05) is 0 Å². The lowest BCUT2D eigenvalue weighted by molar-refractivity contribution is 0.0505. The molecule has 0 aliphatic heterocycles. The van der Waals surface area contributed by atoms with E-state index in [0.29, 0.717) is 0 Å². The highest BCUT2D eigenvalue weighted by Crippen LogP contribution is 2.20. The van der Waals surface area contributed by atoms with Crippen molar-refractivity contribution in [1.82, 2.24) is 5.32 Å². The Hall–Kier alpha value is -1.40. The van der Waals surface area contributed by atoms with Gasteiger partial charge in [0.05, 0.1) is 5.02 Å². The van der Waals surface area contributed by atoms with Crippen molar-refractivity contribution in [3.05, 3.63) is 34.4 Å². The third kappa shape index (κ3) is 5.85. The first-order valence-corrected chi connectivity index (χ1v) is 6.83. The average Bonchev–Trinajstić information content (AvgIpc) is 2.32. The third-order valence-electron chi connectivity index (χ3n) is 2.56. The average molecular weight is 321 g/mol. The molecule has 1 amide bonds. The largest absolute Gasteiger partial charge is 0.444 e. The van der Waals surface area contributed by atoms with Gasteiger partial charge in [0.25, 0.3) is 0 Å². The number of rotatable bonds is 4. The fourth-order valence-corrected chi connectivity index (χ4v) is 1.80. The second kappa shape index (κ2) is 7.04. The topological polar surface area (TPSA) is 64.3 Å². The van der Waals surface area contributed by atoms with Crippen LogP contribution in [0, 0.1) is 11.6 Å². The minimum Gasteiger partial charge on any atom is -0.444 e. The zero-order valence-electron chi connectivity index (χ0n) is 12.2. The summed E-state index contributed by atoms with van der Waals surface area (Å²) in [6, 6.07) is 1.32. The van der Waals surface area contributed by atoms with Crippen LogP contribution < -0.4 is 11.1 Å². The van der Waals surface area contributed by atoms with Crippen LogP contribution in [0.2, 0.25) is 5.02 Å². The van der Waals surface area contributed by atoms with Gasteiger partial charge >= 0.3 is 6.09 Å². The Morgan fingerprint density at radius 3 is 2.52 bits per heavy atom. The van der Waals surface area contributed by atoms with Crippen LogP contribution >= 0.6 is 11.6 Å². The molecule has 1 atom stereocenters. The van der Waals surface area contributed by atoms with E-state index < -0.39 is 29.4 Å². The molecule has 0 spiro atoms. The highest BCUT2D eigenvalue weighted by molar-refractivity contribution is 6.30. The third-order valence-corrected chi connectivity index (χ3v) is 2.85. The predicted octanol–water partition coefficient (Wildman–Crippen LogP) is 3.01. The van der Waals surface area contributed by atoms with Crippen LogP contribution in [-0.4, -0.2) is 24.3 Å². The lowest BCUT2D eigenvalue weighted by Gasteiger charge is -2.23. The first-order valence-electron chi connectivity index (χ1n) is 6.45. The molecule has 21 heavy (non-hydrogen) atoms. The molecule has 0 aliphatic carbocycles. The zero-order chi connectivity index (χ0) is 16.2. The van der Waals surface area contributed by atoms with E-state index in [4.69, 9.17) is 22.1 Å².